The van der Waals surface area contributed by atoms with Gasteiger partial charge >= 0.3 is 0 Å². The van der Waals surface area contributed by atoms with Crippen molar-refractivity contribution in [1.29, 1.82) is 0 Å². The van der Waals surface area contributed by atoms with Crippen molar-refractivity contribution in [2.75, 3.05) is 5.75 Å². The molecule has 88 valence electrons. The average Bonchev–Trinajstić information content (AvgIpc) is 2.61. The van der Waals surface area contributed by atoms with Crippen LogP contribution < -0.4 is 5.32 Å². The molecule has 0 aromatic heterocycles. The summed E-state index contributed by atoms with van der Waals surface area (Å²) in [5.41, 5.74) is 2.33. The lowest BCUT2D eigenvalue weighted by Gasteiger charge is -2.08. The Morgan fingerprint density at radius 1 is 1.25 bits per heavy atom. The zero-order valence-electron chi connectivity index (χ0n) is 9.66. The Morgan fingerprint density at radius 3 is 2.62 bits per heavy atom. The van der Waals surface area contributed by atoms with E-state index in [0.29, 0.717) is 4.90 Å². The highest BCUT2D eigenvalue weighted by atomic mass is 32.2. The largest absolute Gasteiger partial charge is 0.309 e. The maximum atomic E-state index is 12.0. The van der Waals surface area contributed by atoms with Crippen molar-refractivity contribution in [3.63, 3.8) is 0 Å². The molecular formula is C12H17NO2S. The van der Waals surface area contributed by atoms with Crippen LogP contribution in [0.25, 0.3) is 0 Å². The third-order valence-corrected chi connectivity index (χ3v) is 4.80. The van der Waals surface area contributed by atoms with Crippen LogP contribution in [0.2, 0.25) is 0 Å². The molecule has 0 saturated heterocycles. The minimum absolute atomic E-state index is 0.163. The van der Waals surface area contributed by atoms with Gasteiger partial charge in [0.1, 0.15) is 0 Å². The molecule has 0 aliphatic carbocycles. The summed E-state index contributed by atoms with van der Waals surface area (Å²) in [5, 5.41) is 3.21. The molecule has 3 nitrogen and oxygen atoms in total. The standard InChI is InChI=1S/C12H17NO2S/c1-9(2)8-16(14,15)12-4-3-10-6-13-7-11(10)5-12/h3-5,9,13H,6-8H2,1-2H3. The van der Waals surface area contributed by atoms with Crippen molar-refractivity contribution in [1.82, 2.24) is 5.32 Å². The van der Waals surface area contributed by atoms with Gasteiger partial charge in [-0.05, 0) is 29.2 Å². The van der Waals surface area contributed by atoms with E-state index in [4.69, 9.17) is 0 Å². The molecule has 1 N–H and O–H groups in total. The topological polar surface area (TPSA) is 46.2 Å². The van der Waals surface area contributed by atoms with E-state index in [2.05, 4.69) is 5.32 Å². The molecule has 0 unspecified atom stereocenters. The summed E-state index contributed by atoms with van der Waals surface area (Å²) in [5.74, 6) is 0.385. The van der Waals surface area contributed by atoms with Crippen LogP contribution in [0.15, 0.2) is 23.1 Å². The van der Waals surface area contributed by atoms with Gasteiger partial charge in [0.15, 0.2) is 9.84 Å². The summed E-state index contributed by atoms with van der Waals surface area (Å²) in [6, 6.07) is 5.46. The second kappa shape index (κ2) is 4.18. The molecule has 0 spiro atoms. The van der Waals surface area contributed by atoms with Crippen molar-refractivity contribution < 1.29 is 8.42 Å². The molecule has 1 aliphatic rings. The Kier molecular flexibility index (Phi) is 3.04. The molecule has 0 saturated carbocycles. The summed E-state index contributed by atoms with van der Waals surface area (Å²) in [7, 11) is -3.11. The third-order valence-electron chi connectivity index (χ3n) is 2.72. The molecular weight excluding hydrogens is 222 g/mol. The molecule has 4 heteroatoms. The number of nitrogens with one attached hydrogen (secondary N) is 1. The molecule has 0 atom stereocenters. The minimum atomic E-state index is -3.11. The highest BCUT2D eigenvalue weighted by Gasteiger charge is 2.19. The maximum absolute atomic E-state index is 12.0. The normalized spacial score (nSPS) is 15.4. The monoisotopic (exact) mass is 239 g/mol. The number of sulfone groups is 1. The third kappa shape index (κ3) is 2.28. The fraction of sp³-hybridized carbons (Fsp3) is 0.500. The molecule has 0 fully saturated rings. The summed E-state index contributed by atoms with van der Waals surface area (Å²) in [6.45, 7) is 5.47. The van der Waals surface area contributed by atoms with Gasteiger partial charge in [0.05, 0.1) is 10.6 Å². The predicted octanol–water partition coefficient (Wildman–Crippen LogP) is 1.72. The van der Waals surface area contributed by atoms with Crippen LogP contribution in [-0.2, 0) is 22.9 Å². The van der Waals surface area contributed by atoms with Crippen LogP contribution in [0.3, 0.4) is 0 Å². The SMILES string of the molecule is CC(C)CS(=O)(=O)c1ccc2c(c1)CNC2. The molecule has 0 bridgehead atoms. The number of benzene rings is 1. The maximum Gasteiger partial charge on any atom is 0.178 e. The van der Waals surface area contributed by atoms with Gasteiger partial charge in [-0.15, -0.1) is 0 Å². The van der Waals surface area contributed by atoms with Crippen LogP contribution in [-0.4, -0.2) is 14.2 Å². The first-order valence-corrected chi connectivity index (χ1v) is 7.19. The van der Waals surface area contributed by atoms with E-state index >= 15 is 0 Å². The lowest BCUT2D eigenvalue weighted by atomic mass is 10.1. The Morgan fingerprint density at radius 2 is 1.94 bits per heavy atom. The molecule has 0 radical (unpaired) electrons. The summed E-state index contributed by atoms with van der Waals surface area (Å²) in [4.78, 5) is 0.462. The second-order valence-electron chi connectivity index (χ2n) is 4.71. The van der Waals surface area contributed by atoms with Crippen LogP contribution in [0, 0.1) is 5.92 Å². The van der Waals surface area contributed by atoms with Gasteiger partial charge in [-0.2, -0.15) is 0 Å². The van der Waals surface area contributed by atoms with Crippen molar-refractivity contribution in [3.05, 3.63) is 29.3 Å². The van der Waals surface area contributed by atoms with E-state index in [9.17, 15) is 8.42 Å². The first-order chi connectivity index (χ1) is 7.49. The predicted molar refractivity (Wildman–Crippen MR) is 63.9 cm³/mol. The van der Waals surface area contributed by atoms with Gasteiger partial charge in [0, 0.05) is 13.1 Å². The molecule has 2 rings (SSSR count). The van der Waals surface area contributed by atoms with Crippen LogP contribution in [0.5, 0.6) is 0 Å². The van der Waals surface area contributed by atoms with Gasteiger partial charge in [0.2, 0.25) is 0 Å². The lowest BCUT2D eigenvalue weighted by Crippen LogP contribution is -2.12. The average molecular weight is 239 g/mol. The molecule has 1 aliphatic heterocycles. The molecule has 1 aromatic rings. The Labute approximate surface area is 96.8 Å². The molecule has 1 aromatic carbocycles. The fourth-order valence-corrected chi connectivity index (χ4v) is 3.67. The van der Waals surface area contributed by atoms with E-state index in [0.717, 1.165) is 18.7 Å². The highest BCUT2D eigenvalue weighted by Crippen LogP contribution is 2.21. The summed E-state index contributed by atoms with van der Waals surface area (Å²) < 4.78 is 24.0. The number of fused-ring (bicyclic) bond motifs is 1. The molecule has 16 heavy (non-hydrogen) atoms. The van der Waals surface area contributed by atoms with E-state index < -0.39 is 9.84 Å². The van der Waals surface area contributed by atoms with Crippen LogP contribution in [0.4, 0.5) is 0 Å². The van der Waals surface area contributed by atoms with Gasteiger partial charge < -0.3 is 5.32 Å². The zero-order chi connectivity index (χ0) is 11.8. The minimum Gasteiger partial charge on any atom is -0.309 e. The smallest absolute Gasteiger partial charge is 0.178 e. The Bertz CT molecular complexity index is 492. The number of rotatable bonds is 3. The molecule has 1 heterocycles. The van der Waals surface area contributed by atoms with Gasteiger partial charge in [-0.3, -0.25) is 0 Å². The van der Waals surface area contributed by atoms with Crippen molar-refractivity contribution in [3.8, 4) is 0 Å². The van der Waals surface area contributed by atoms with E-state index in [1.54, 1.807) is 6.07 Å². The second-order valence-corrected chi connectivity index (χ2v) is 6.74. The fourth-order valence-electron chi connectivity index (χ4n) is 2.00. The highest BCUT2D eigenvalue weighted by molar-refractivity contribution is 7.91. The van der Waals surface area contributed by atoms with Crippen molar-refractivity contribution in [2.45, 2.75) is 31.8 Å². The van der Waals surface area contributed by atoms with Crippen LogP contribution >= 0.6 is 0 Å². The van der Waals surface area contributed by atoms with Gasteiger partial charge in [-0.25, -0.2) is 8.42 Å². The lowest BCUT2D eigenvalue weighted by molar-refractivity contribution is 0.582. The summed E-state index contributed by atoms with van der Waals surface area (Å²) >= 11 is 0. The first-order valence-electron chi connectivity index (χ1n) is 5.54. The summed E-state index contributed by atoms with van der Waals surface area (Å²) in [6.07, 6.45) is 0. The quantitative estimate of drug-likeness (QED) is 0.873. The van der Waals surface area contributed by atoms with Gasteiger partial charge in [0.25, 0.3) is 0 Å². The Balaban J connectivity index is 2.34. The Hall–Kier alpha value is -0.870. The molecule has 0 amide bonds. The van der Waals surface area contributed by atoms with E-state index in [-0.39, 0.29) is 11.7 Å². The van der Waals surface area contributed by atoms with Crippen molar-refractivity contribution in [2.24, 2.45) is 5.92 Å². The van der Waals surface area contributed by atoms with E-state index in [1.807, 2.05) is 26.0 Å². The zero-order valence-corrected chi connectivity index (χ0v) is 10.5. The first kappa shape index (κ1) is 11.6. The van der Waals surface area contributed by atoms with Gasteiger partial charge in [-0.1, -0.05) is 19.9 Å². The number of hydrogen-bond acceptors (Lipinski definition) is 3. The van der Waals surface area contributed by atoms with Crippen LogP contribution in [0.1, 0.15) is 25.0 Å². The van der Waals surface area contributed by atoms with E-state index in [1.165, 1.54) is 5.56 Å². The number of hydrogen-bond donors (Lipinski definition) is 1. The van der Waals surface area contributed by atoms with Crippen molar-refractivity contribution >= 4 is 9.84 Å².